The lowest BCUT2D eigenvalue weighted by molar-refractivity contribution is -0.135. The van der Waals surface area contributed by atoms with Gasteiger partial charge in [-0.2, -0.15) is 0 Å². The van der Waals surface area contributed by atoms with Gasteiger partial charge in [-0.15, -0.1) is 0 Å². The molecule has 0 N–H and O–H groups in total. The average Bonchev–Trinajstić information content (AvgIpc) is 2.75. The second-order valence-electron chi connectivity index (χ2n) is 7.84. The lowest BCUT2D eigenvalue weighted by Crippen LogP contribution is -2.47. The Labute approximate surface area is 173 Å². The van der Waals surface area contributed by atoms with Crippen molar-refractivity contribution in [3.8, 4) is 0 Å². The van der Waals surface area contributed by atoms with Gasteiger partial charge in [-0.25, -0.2) is 9.18 Å². The molecule has 1 aliphatic heterocycles. The molecule has 1 fully saturated rings. The number of piperidine rings is 1. The lowest BCUT2D eigenvalue weighted by Gasteiger charge is -2.33. The summed E-state index contributed by atoms with van der Waals surface area (Å²) in [6.07, 6.45) is 3.00. The number of amides is 1. The van der Waals surface area contributed by atoms with Crippen molar-refractivity contribution in [2.75, 3.05) is 6.54 Å². The molecule has 1 aliphatic rings. The molecule has 30 heavy (non-hydrogen) atoms. The van der Waals surface area contributed by atoms with E-state index in [0.717, 1.165) is 23.8 Å². The molecule has 3 aromatic rings. The number of likely N-dealkylation sites (tertiary alicyclic amines) is 1. The average molecular weight is 409 g/mol. The molecule has 1 atom stereocenters. The Balaban J connectivity index is 1.78. The number of carbonyl (C=O) groups excluding carboxylic acids is 1. The van der Waals surface area contributed by atoms with Crippen LogP contribution in [-0.2, 0) is 17.9 Å². The Bertz CT molecular complexity index is 1200. The molecule has 156 valence electrons. The molecule has 0 aliphatic carbocycles. The van der Waals surface area contributed by atoms with E-state index >= 15 is 0 Å². The summed E-state index contributed by atoms with van der Waals surface area (Å²) in [7, 11) is 0. The van der Waals surface area contributed by atoms with Gasteiger partial charge < -0.3 is 4.90 Å². The lowest BCUT2D eigenvalue weighted by atomic mass is 10.0. The minimum absolute atomic E-state index is 0.0110. The molecule has 7 heteroatoms. The number of aromatic nitrogens is 2. The predicted octanol–water partition coefficient (Wildman–Crippen LogP) is 2.75. The van der Waals surface area contributed by atoms with Crippen molar-refractivity contribution >= 4 is 16.8 Å². The number of carbonyl (C=O) groups is 1. The van der Waals surface area contributed by atoms with Gasteiger partial charge in [0.05, 0.1) is 17.4 Å². The predicted molar refractivity (Wildman–Crippen MR) is 113 cm³/mol. The smallest absolute Gasteiger partial charge is 0.332 e. The van der Waals surface area contributed by atoms with Crippen molar-refractivity contribution in [1.29, 1.82) is 0 Å². The maximum atomic E-state index is 13.3. The second-order valence-corrected chi connectivity index (χ2v) is 7.84. The fourth-order valence-corrected chi connectivity index (χ4v) is 4.13. The zero-order valence-electron chi connectivity index (χ0n) is 16.9. The largest absolute Gasteiger partial charge is 0.338 e. The summed E-state index contributed by atoms with van der Waals surface area (Å²) < 4.78 is 15.7. The fraction of sp³-hybridized carbons (Fsp3) is 0.348. The maximum absolute atomic E-state index is 13.3. The van der Waals surface area contributed by atoms with Crippen molar-refractivity contribution < 1.29 is 9.18 Å². The van der Waals surface area contributed by atoms with Crippen LogP contribution in [0, 0.1) is 5.82 Å². The number of hydrogen-bond donors (Lipinski definition) is 0. The van der Waals surface area contributed by atoms with Crippen LogP contribution < -0.4 is 11.2 Å². The molecular formula is C23H24FN3O3. The first-order chi connectivity index (χ1) is 14.5. The van der Waals surface area contributed by atoms with Gasteiger partial charge in [-0.1, -0.05) is 24.3 Å². The molecule has 0 radical (unpaired) electrons. The van der Waals surface area contributed by atoms with E-state index in [4.69, 9.17) is 0 Å². The van der Waals surface area contributed by atoms with E-state index in [0.29, 0.717) is 23.0 Å². The monoisotopic (exact) mass is 409 g/mol. The highest BCUT2D eigenvalue weighted by Gasteiger charge is 2.24. The SMILES string of the molecule is C[C@@H]1CCCCN1C(=O)Cn1c(=O)n(Cc2ccc(F)cc2)c(=O)c2ccccc21. The third-order valence-corrected chi connectivity index (χ3v) is 5.80. The summed E-state index contributed by atoms with van der Waals surface area (Å²) in [6.45, 7) is 2.60. The van der Waals surface area contributed by atoms with Crippen LogP contribution in [0.3, 0.4) is 0 Å². The van der Waals surface area contributed by atoms with E-state index in [1.165, 1.54) is 16.7 Å². The van der Waals surface area contributed by atoms with Gasteiger partial charge in [-0.05, 0) is 56.0 Å². The van der Waals surface area contributed by atoms with E-state index in [-0.39, 0.29) is 30.9 Å². The maximum Gasteiger partial charge on any atom is 0.332 e. The van der Waals surface area contributed by atoms with E-state index in [9.17, 15) is 18.8 Å². The first-order valence-corrected chi connectivity index (χ1v) is 10.2. The molecule has 1 aromatic heterocycles. The highest BCUT2D eigenvalue weighted by atomic mass is 19.1. The van der Waals surface area contributed by atoms with Gasteiger partial charge in [0.25, 0.3) is 5.56 Å². The number of hydrogen-bond acceptors (Lipinski definition) is 3. The highest BCUT2D eigenvalue weighted by molar-refractivity contribution is 5.82. The topological polar surface area (TPSA) is 64.3 Å². The summed E-state index contributed by atoms with van der Waals surface area (Å²) in [5.74, 6) is -0.510. The Hall–Kier alpha value is -3.22. The van der Waals surface area contributed by atoms with Crippen LogP contribution >= 0.6 is 0 Å². The van der Waals surface area contributed by atoms with E-state index in [2.05, 4.69) is 0 Å². The van der Waals surface area contributed by atoms with Crippen LogP contribution in [0.5, 0.6) is 0 Å². The highest BCUT2D eigenvalue weighted by Crippen LogP contribution is 2.17. The third-order valence-electron chi connectivity index (χ3n) is 5.80. The molecule has 1 amide bonds. The van der Waals surface area contributed by atoms with Crippen LogP contribution in [0.1, 0.15) is 31.7 Å². The number of halogens is 1. The molecular weight excluding hydrogens is 385 g/mol. The fourth-order valence-electron chi connectivity index (χ4n) is 4.13. The number of fused-ring (bicyclic) bond motifs is 1. The number of benzene rings is 2. The molecule has 2 heterocycles. The Morgan fingerprint density at radius 3 is 2.50 bits per heavy atom. The second kappa shape index (κ2) is 8.26. The van der Waals surface area contributed by atoms with E-state index in [1.807, 2.05) is 11.8 Å². The van der Waals surface area contributed by atoms with Gasteiger partial charge in [0.15, 0.2) is 0 Å². The van der Waals surface area contributed by atoms with Crippen molar-refractivity contribution in [3.05, 3.63) is 80.7 Å². The van der Waals surface area contributed by atoms with Crippen LogP contribution in [0.4, 0.5) is 4.39 Å². The summed E-state index contributed by atoms with van der Waals surface area (Å²) >= 11 is 0. The van der Waals surface area contributed by atoms with E-state index < -0.39 is 11.2 Å². The van der Waals surface area contributed by atoms with Gasteiger partial charge in [-0.3, -0.25) is 18.7 Å². The molecule has 6 nitrogen and oxygen atoms in total. The quantitative estimate of drug-likeness (QED) is 0.666. The van der Waals surface area contributed by atoms with Gasteiger partial charge >= 0.3 is 5.69 Å². The van der Waals surface area contributed by atoms with Crippen LogP contribution in [-0.4, -0.2) is 32.5 Å². The summed E-state index contributed by atoms with van der Waals surface area (Å²) in [5.41, 5.74) is 0.116. The minimum Gasteiger partial charge on any atom is -0.338 e. The normalized spacial score (nSPS) is 16.7. The minimum atomic E-state index is -0.541. The van der Waals surface area contributed by atoms with Gasteiger partial charge in [0.2, 0.25) is 5.91 Å². The summed E-state index contributed by atoms with van der Waals surface area (Å²) in [4.78, 5) is 41.1. The van der Waals surface area contributed by atoms with Gasteiger partial charge in [0.1, 0.15) is 12.4 Å². The van der Waals surface area contributed by atoms with E-state index in [1.54, 1.807) is 36.4 Å². The Kier molecular flexibility index (Phi) is 5.53. The third kappa shape index (κ3) is 3.79. The standard InChI is InChI=1S/C23H24FN3O3/c1-16-6-4-5-13-25(16)21(28)15-26-20-8-3-2-7-19(20)22(29)27(23(26)30)14-17-9-11-18(24)12-10-17/h2-3,7-12,16H,4-6,13-15H2,1H3/t16-/m1/s1. The summed E-state index contributed by atoms with van der Waals surface area (Å²) in [6, 6.07) is 12.6. The van der Waals surface area contributed by atoms with Crippen LogP contribution in [0.25, 0.3) is 10.9 Å². The molecule has 4 rings (SSSR count). The molecule has 0 unspecified atom stereocenters. The van der Waals surface area contributed by atoms with Crippen LogP contribution in [0.15, 0.2) is 58.1 Å². The molecule has 0 spiro atoms. The first-order valence-electron chi connectivity index (χ1n) is 10.2. The zero-order valence-corrected chi connectivity index (χ0v) is 16.9. The number of rotatable bonds is 4. The van der Waals surface area contributed by atoms with Crippen LogP contribution in [0.2, 0.25) is 0 Å². The number of para-hydroxylation sites is 1. The first kappa shape index (κ1) is 20.1. The van der Waals surface area contributed by atoms with Crippen molar-refractivity contribution in [1.82, 2.24) is 14.0 Å². The van der Waals surface area contributed by atoms with Gasteiger partial charge in [0, 0.05) is 12.6 Å². The molecule has 0 bridgehead atoms. The molecule has 0 saturated carbocycles. The van der Waals surface area contributed by atoms with Crippen molar-refractivity contribution in [2.24, 2.45) is 0 Å². The molecule has 2 aromatic carbocycles. The molecule has 1 saturated heterocycles. The Morgan fingerprint density at radius 1 is 1.03 bits per heavy atom. The van der Waals surface area contributed by atoms with Crippen molar-refractivity contribution in [2.45, 2.75) is 45.3 Å². The number of nitrogens with zero attached hydrogens (tertiary/aromatic N) is 3. The Morgan fingerprint density at radius 2 is 1.77 bits per heavy atom. The zero-order chi connectivity index (χ0) is 21.3. The van der Waals surface area contributed by atoms with Crippen molar-refractivity contribution in [3.63, 3.8) is 0 Å². The summed E-state index contributed by atoms with van der Waals surface area (Å²) in [5, 5.41) is 0.374.